The van der Waals surface area contributed by atoms with E-state index in [1.165, 1.54) is 0 Å². The van der Waals surface area contributed by atoms with Gasteiger partial charge >= 0.3 is 0 Å². The van der Waals surface area contributed by atoms with Crippen LogP contribution in [0.4, 0.5) is 0 Å². The number of Topliss-reactive ketones (excluding diaryl/α,β-unsaturated/α-hetero) is 1. The molecule has 1 saturated carbocycles. The lowest BCUT2D eigenvalue weighted by Crippen LogP contribution is -2.43. The molecule has 1 aliphatic rings. The van der Waals surface area contributed by atoms with Crippen LogP contribution in [-0.4, -0.2) is 5.78 Å². The number of hydrogen-bond acceptors (Lipinski definition) is 1. The van der Waals surface area contributed by atoms with Gasteiger partial charge in [0, 0.05) is 11.8 Å². The Morgan fingerprint density at radius 1 is 1.56 bits per heavy atom. The molecule has 1 fully saturated rings. The van der Waals surface area contributed by atoms with Gasteiger partial charge in [-0.1, -0.05) is 39.0 Å². The molecule has 0 aliphatic heterocycles. The summed E-state index contributed by atoms with van der Waals surface area (Å²) in [7, 11) is 0. The Balaban J connectivity index is 3.06. The van der Waals surface area contributed by atoms with E-state index in [2.05, 4.69) is 33.9 Å². The van der Waals surface area contributed by atoms with Gasteiger partial charge in [0.1, 0.15) is 5.78 Å². The van der Waals surface area contributed by atoms with Crippen LogP contribution in [0.25, 0.3) is 0 Å². The van der Waals surface area contributed by atoms with E-state index in [1.807, 2.05) is 13.0 Å². The Kier molecular flexibility index (Phi) is 3.77. The molecule has 16 heavy (non-hydrogen) atoms. The van der Waals surface area contributed by atoms with Crippen molar-refractivity contribution in [1.29, 1.82) is 0 Å². The Bertz CT molecular complexity index is 313. The van der Waals surface area contributed by atoms with Gasteiger partial charge in [0.25, 0.3) is 0 Å². The SMILES string of the molecule is C=C[C@]1(C)CCC(C(C)C)C(=O)[C@@H]1C(=C)C. The summed E-state index contributed by atoms with van der Waals surface area (Å²) in [5.41, 5.74) is 0.895. The largest absolute Gasteiger partial charge is 0.299 e. The number of hydrogen-bond donors (Lipinski definition) is 0. The molecule has 0 aromatic carbocycles. The van der Waals surface area contributed by atoms with Gasteiger partial charge in [-0.3, -0.25) is 4.79 Å². The van der Waals surface area contributed by atoms with Crippen LogP contribution in [0.1, 0.15) is 40.5 Å². The molecule has 1 heteroatoms. The molecule has 90 valence electrons. The van der Waals surface area contributed by atoms with Gasteiger partial charge in [-0.15, -0.1) is 6.58 Å². The first-order valence-electron chi connectivity index (χ1n) is 6.16. The lowest BCUT2D eigenvalue weighted by molar-refractivity contribution is -0.133. The van der Waals surface area contributed by atoms with E-state index in [0.29, 0.717) is 11.7 Å². The van der Waals surface area contributed by atoms with Crippen molar-refractivity contribution in [3.63, 3.8) is 0 Å². The monoisotopic (exact) mass is 220 g/mol. The van der Waals surface area contributed by atoms with Crippen LogP contribution >= 0.6 is 0 Å². The maximum Gasteiger partial charge on any atom is 0.144 e. The van der Waals surface area contributed by atoms with Crippen molar-refractivity contribution >= 4 is 5.78 Å². The van der Waals surface area contributed by atoms with E-state index in [9.17, 15) is 4.79 Å². The lowest BCUT2D eigenvalue weighted by Gasteiger charge is -2.43. The van der Waals surface area contributed by atoms with Crippen LogP contribution in [-0.2, 0) is 4.79 Å². The van der Waals surface area contributed by atoms with Gasteiger partial charge in [-0.05, 0) is 31.1 Å². The van der Waals surface area contributed by atoms with Crippen LogP contribution in [0.3, 0.4) is 0 Å². The first-order chi connectivity index (χ1) is 7.33. The first-order valence-corrected chi connectivity index (χ1v) is 6.16. The second kappa shape index (κ2) is 4.57. The fourth-order valence-electron chi connectivity index (χ4n) is 2.98. The molecule has 1 unspecified atom stereocenters. The lowest BCUT2D eigenvalue weighted by atomic mass is 9.60. The molecule has 3 atom stereocenters. The van der Waals surface area contributed by atoms with Crippen LogP contribution in [0.15, 0.2) is 24.8 Å². The zero-order valence-corrected chi connectivity index (χ0v) is 11.0. The zero-order chi connectivity index (χ0) is 12.5. The standard InChI is InChI=1S/C15H24O/c1-7-15(6)9-8-12(10(2)3)14(16)13(15)11(4)5/h7,10,12-13H,1,4,8-9H2,2-3,5-6H3/t12?,13-,15+/m0/s1. The topological polar surface area (TPSA) is 17.1 Å². The predicted octanol–water partition coefficient (Wildman–Crippen LogP) is 4.01. The van der Waals surface area contributed by atoms with Gasteiger partial charge in [-0.25, -0.2) is 0 Å². The molecular formula is C15H24O. The van der Waals surface area contributed by atoms with Crippen molar-refractivity contribution in [2.24, 2.45) is 23.2 Å². The highest BCUT2D eigenvalue weighted by Crippen LogP contribution is 2.46. The Labute approximate surface area is 99.6 Å². The van der Waals surface area contributed by atoms with Gasteiger partial charge in [0.15, 0.2) is 0 Å². The van der Waals surface area contributed by atoms with Gasteiger partial charge in [0.05, 0.1) is 0 Å². The summed E-state index contributed by atoms with van der Waals surface area (Å²) in [6.45, 7) is 16.3. The Morgan fingerprint density at radius 2 is 2.12 bits per heavy atom. The normalized spacial score (nSPS) is 35.2. The second-order valence-electron chi connectivity index (χ2n) is 5.78. The molecule has 1 nitrogen and oxygen atoms in total. The Hall–Kier alpha value is -0.850. The summed E-state index contributed by atoms with van der Waals surface area (Å²) in [5.74, 6) is 0.973. The van der Waals surface area contributed by atoms with Crippen molar-refractivity contribution in [1.82, 2.24) is 0 Å². The average Bonchev–Trinajstić information content (AvgIpc) is 2.16. The van der Waals surface area contributed by atoms with Crippen molar-refractivity contribution in [3.8, 4) is 0 Å². The molecule has 0 saturated heterocycles. The molecule has 0 radical (unpaired) electrons. The molecule has 0 heterocycles. The highest BCUT2D eigenvalue weighted by atomic mass is 16.1. The maximum absolute atomic E-state index is 12.5. The predicted molar refractivity (Wildman–Crippen MR) is 69.2 cm³/mol. The second-order valence-corrected chi connectivity index (χ2v) is 5.78. The summed E-state index contributed by atoms with van der Waals surface area (Å²) in [4.78, 5) is 12.5. The van der Waals surface area contributed by atoms with Crippen LogP contribution in [0.2, 0.25) is 0 Å². The highest BCUT2D eigenvalue weighted by molar-refractivity contribution is 5.88. The van der Waals surface area contributed by atoms with Crippen molar-refractivity contribution in [2.45, 2.75) is 40.5 Å². The molecule has 0 N–H and O–H groups in total. The third kappa shape index (κ3) is 2.14. The molecule has 0 aromatic heterocycles. The molecule has 0 spiro atoms. The molecule has 1 rings (SSSR count). The van der Waals surface area contributed by atoms with E-state index < -0.39 is 0 Å². The van der Waals surface area contributed by atoms with Crippen molar-refractivity contribution in [3.05, 3.63) is 24.8 Å². The third-order valence-corrected chi connectivity index (χ3v) is 4.07. The minimum atomic E-state index is -0.0890. The maximum atomic E-state index is 12.5. The number of allylic oxidation sites excluding steroid dienone is 2. The van der Waals surface area contributed by atoms with Crippen LogP contribution < -0.4 is 0 Å². The fourth-order valence-corrected chi connectivity index (χ4v) is 2.98. The van der Waals surface area contributed by atoms with Gasteiger partial charge in [0.2, 0.25) is 0 Å². The average molecular weight is 220 g/mol. The minimum absolute atomic E-state index is 0.0360. The number of ketones is 1. The summed E-state index contributed by atoms with van der Waals surface area (Å²) in [6, 6.07) is 0. The number of rotatable bonds is 3. The quantitative estimate of drug-likeness (QED) is 0.657. The Morgan fingerprint density at radius 3 is 2.50 bits per heavy atom. The van der Waals surface area contributed by atoms with Crippen LogP contribution in [0, 0.1) is 23.2 Å². The molecule has 0 aromatic rings. The molecule has 1 aliphatic carbocycles. The summed E-state index contributed by atoms with van der Waals surface area (Å²) in [6.07, 6.45) is 3.98. The summed E-state index contributed by atoms with van der Waals surface area (Å²) < 4.78 is 0. The molecule has 0 bridgehead atoms. The van der Waals surface area contributed by atoms with Crippen LogP contribution in [0.5, 0.6) is 0 Å². The smallest absolute Gasteiger partial charge is 0.144 e. The van der Waals surface area contributed by atoms with E-state index in [4.69, 9.17) is 0 Å². The number of carbonyl (C=O) groups is 1. The van der Waals surface area contributed by atoms with E-state index in [0.717, 1.165) is 18.4 Å². The van der Waals surface area contributed by atoms with Gasteiger partial charge < -0.3 is 0 Å². The van der Waals surface area contributed by atoms with E-state index >= 15 is 0 Å². The van der Waals surface area contributed by atoms with E-state index in [1.54, 1.807) is 0 Å². The third-order valence-electron chi connectivity index (χ3n) is 4.07. The summed E-state index contributed by atoms with van der Waals surface area (Å²) in [5, 5.41) is 0. The zero-order valence-electron chi connectivity index (χ0n) is 11.0. The van der Waals surface area contributed by atoms with Gasteiger partial charge in [-0.2, -0.15) is 0 Å². The molecule has 0 amide bonds. The fraction of sp³-hybridized carbons (Fsp3) is 0.667. The highest BCUT2D eigenvalue weighted by Gasteiger charge is 2.45. The molecular weight excluding hydrogens is 196 g/mol. The summed E-state index contributed by atoms with van der Waals surface area (Å²) >= 11 is 0. The van der Waals surface area contributed by atoms with E-state index in [-0.39, 0.29) is 17.3 Å². The van der Waals surface area contributed by atoms with Crippen molar-refractivity contribution in [2.75, 3.05) is 0 Å². The first kappa shape index (κ1) is 13.2. The van der Waals surface area contributed by atoms with Crippen molar-refractivity contribution < 1.29 is 4.79 Å². The number of carbonyl (C=O) groups excluding carboxylic acids is 1. The minimum Gasteiger partial charge on any atom is -0.299 e.